The number of rotatable bonds is 5. The molecule has 0 spiro atoms. The van der Waals surface area contributed by atoms with Gasteiger partial charge in [0.05, 0.1) is 23.0 Å². The standard InChI is InChI=1S/C18H16N2O3S/c1-24(21,22)16-9-7-15(8-10-16)17-11-19-12-18(20-17)23-13-14-5-3-2-4-6-14/h2-12H,13H2,1H3. The second-order valence-corrected chi connectivity index (χ2v) is 7.33. The van der Waals surface area contributed by atoms with Crippen LogP contribution in [0.4, 0.5) is 0 Å². The molecule has 5 nitrogen and oxygen atoms in total. The normalized spacial score (nSPS) is 11.2. The van der Waals surface area contributed by atoms with Crippen LogP contribution in [0.2, 0.25) is 0 Å². The Morgan fingerprint density at radius 3 is 2.33 bits per heavy atom. The Labute approximate surface area is 140 Å². The molecule has 1 heterocycles. The van der Waals surface area contributed by atoms with Crippen LogP contribution in [0.15, 0.2) is 71.9 Å². The fourth-order valence-corrected chi connectivity index (χ4v) is 2.79. The van der Waals surface area contributed by atoms with Crippen molar-refractivity contribution in [3.05, 3.63) is 72.6 Å². The summed E-state index contributed by atoms with van der Waals surface area (Å²) < 4.78 is 28.7. The SMILES string of the molecule is CS(=O)(=O)c1ccc(-c2cncc(OCc3ccccc3)n2)cc1. The van der Waals surface area contributed by atoms with Crippen molar-refractivity contribution in [1.82, 2.24) is 9.97 Å². The van der Waals surface area contributed by atoms with Gasteiger partial charge in [-0.15, -0.1) is 0 Å². The number of hydrogen-bond donors (Lipinski definition) is 0. The zero-order valence-electron chi connectivity index (χ0n) is 13.1. The first-order chi connectivity index (χ1) is 11.5. The number of nitrogens with zero attached hydrogens (tertiary/aromatic N) is 2. The number of hydrogen-bond acceptors (Lipinski definition) is 5. The molecule has 0 saturated heterocycles. The van der Waals surface area contributed by atoms with Crippen LogP contribution in [0, 0.1) is 0 Å². The monoisotopic (exact) mass is 340 g/mol. The highest BCUT2D eigenvalue weighted by Crippen LogP contribution is 2.21. The van der Waals surface area contributed by atoms with Crippen molar-refractivity contribution in [2.75, 3.05) is 6.26 Å². The summed E-state index contributed by atoms with van der Waals surface area (Å²) in [7, 11) is -3.21. The Hall–Kier alpha value is -2.73. The fourth-order valence-electron chi connectivity index (χ4n) is 2.16. The van der Waals surface area contributed by atoms with Crippen molar-refractivity contribution in [3.8, 4) is 17.1 Å². The molecule has 1 aromatic heterocycles. The van der Waals surface area contributed by atoms with E-state index in [0.717, 1.165) is 11.1 Å². The van der Waals surface area contributed by atoms with Gasteiger partial charge in [0.2, 0.25) is 5.88 Å². The molecule has 0 amide bonds. The first kappa shape index (κ1) is 16.1. The van der Waals surface area contributed by atoms with E-state index in [1.54, 1.807) is 36.7 Å². The third-order valence-corrected chi connectivity index (χ3v) is 4.55. The van der Waals surface area contributed by atoms with Crippen LogP contribution < -0.4 is 4.74 Å². The third kappa shape index (κ3) is 3.97. The van der Waals surface area contributed by atoms with Gasteiger partial charge in [-0.1, -0.05) is 42.5 Å². The summed E-state index contributed by atoms with van der Waals surface area (Å²) in [6.07, 6.45) is 4.35. The van der Waals surface area contributed by atoms with Crippen LogP contribution in [0.25, 0.3) is 11.3 Å². The van der Waals surface area contributed by atoms with Crippen molar-refractivity contribution < 1.29 is 13.2 Å². The van der Waals surface area contributed by atoms with Crippen molar-refractivity contribution in [1.29, 1.82) is 0 Å². The van der Waals surface area contributed by atoms with E-state index >= 15 is 0 Å². The Morgan fingerprint density at radius 2 is 1.67 bits per heavy atom. The molecule has 24 heavy (non-hydrogen) atoms. The van der Waals surface area contributed by atoms with Gasteiger partial charge in [-0.2, -0.15) is 0 Å². The third-order valence-electron chi connectivity index (χ3n) is 3.42. The van der Waals surface area contributed by atoms with E-state index < -0.39 is 9.84 Å². The maximum Gasteiger partial charge on any atom is 0.233 e. The summed E-state index contributed by atoms with van der Waals surface area (Å²) in [4.78, 5) is 8.83. The van der Waals surface area contributed by atoms with E-state index in [9.17, 15) is 8.42 Å². The van der Waals surface area contributed by atoms with Gasteiger partial charge in [0.15, 0.2) is 9.84 Å². The van der Waals surface area contributed by atoms with Crippen LogP contribution in [0.1, 0.15) is 5.56 Å². The molecule has 6 heteroatoms. The van der Waals surface area contributed by atoms with Crippen molar-refractivity contribution in [2.45, 2.75) is 11.5 Å². The molecule has 0 aliphatic heterocycles. The zero-order valence-corrected chi connectivity index (χ0v) is 13.9. The van der Waals surface area contributed by atoms with Crippen LogP contribution in [-0.2, 0) is 16.4 Å². The van der Waals surface area contributed by atoms with Crippen molar-refractivity contribution in [3.63, 3.8) is 0 Å². The maximum absolute atomic E-state index is 11.5. The molecule has 0 saturated carbocycles. The summed E-state index contributed by atoms with van der Waals surface area (Å²) in [5.74, 6) is 0.420. The molecular formula is C18H16N2O3S. The summed E-state index contributed by atoms with van der Waals surface area (Å²) in [6.45, 7) is 0.409. The molecule has 0 fully saturated rings. The molecule has 0 unspecified atom stereocenters. The second kappa shape index (κ2) is 6.80. The predicted molar refractivity (Wildman–Crippen MR) is 91.4 cm³/mol. The predicted octanol–water partition coefficient (Wildman–Crippen LogP) is 3.13. The zero-order chi connectivity index (χ0) is 17.0. The van der Waals surface area contributed by atoms with E-state index in [1.807, 2.05) is 30.3 Å². The average molecular weight is 340 g/mol. The lowest BCUT2D eigenvalue weighted by Gasteiger charge is -2.07. The largest absolute Gasteiger partial charge is 0.472 e. The summed E-state index contributed by atoms with van der Waals surface area (Å²) in [5.41, 5.74) is 2.45. The highest BCUT2D eigenvalue weighted by molar-refractivity contribution is 7.90. The lowest BCUT2D eigenvalue weighted by atomic mass is 10.2. The smallest absolute Gasteiger partial charge is 0.233 e. The molecule has 3 rings (SSSR count). The molecule has 3 aromatic rings. The Balaban J connectivity index is 1.77. The van der Waals surface area contributed by atoms with E-state index in [1.165, 1.54) is 6.26 Å². The van der Waals surface area contributed by atoms with Gasteiger partial charge in [0, 0.05) is 11.8 Å². The minimum Gasteiger partial charge on any atom is -0.472 e. The first-order valence-corrected chi connectivity index (χ1v) is 9.21. The van der Waals surface area contributed by atoms with E-state index in [2.05, 4.69) is 9.97 Å². The summed E-state index contributed by atoms with van der Waals surface area (Å²) in [5, 5.41) is 0. The molecule has 0 bridgehead atoms. The Kier molecular flexibility index (Phi) is 4.57. The van der Waals surface area contributed by atoms with E-state index in [4.69, 9.17) is 4.74 Å². The van der Waals surface area contributed by atoms with Crippen LogP contribution in [0.5, 0.6) is 5.88 Å². The van der Waals surface area contributed by atoms with Gasteiger partial charge in [0.1, 0.15) is 6.61 Å². The summed E-state index contributed by atoms with van der Waals surface area (Å²) in [6, 6.07) is 16.3. The Bertz CT molecular complexity index is 924. The topological polar surface area (TPSA) is 69.2 Å². The average Bonchev–Trinajstić information content (AvgIpc) is 2.60. The number of sulfone groups is 1. The highest BCUT2D eigenvalue weighted by Gasteiger charge is 2.08. The van der Waals surface area contributed by atoms with E-state index in [-0.39, 0.29) is 4.90 Å². The van der Waals surface area contributed by atoms with Crippen molar-refractivity contribution in [2.24, 2.45) is 0 Å². The molecule has 122 valence electrons. The van der Waals surface area contributed by atoms with Gasteiger partial charge in [-0.05, 0) is 17.7 Å². The molecule has 2 aromatic carbocycles. The molecule has 0 N–H and O–H groups in total. The first-order valence-electron chi connectivity index (χ1n) is 7.32. The molecular weight excluding hydrogens is 324 g/mol. The van der Waals surface area contributed by atoms with Gasteiger partial charge < -0.3 is 4.74 Å². The number of aromatic nitrogens is 2. The fraction of sp³-hybridized carbons (Fsp3) is 0.111. The van der Waals surface area contributed by atoms with Gasteiger partial charge in [-0.3, -0.25) is 4.98 Å². The quantitative estimate of drug-likeness (QED) is 0.714. The van der Waals surface area contributed by atoms with Gasteiger partial charge >= 0.3 is 0 Å². The van der Waals surface area contributed by atoms with E-state index in [0.29, 0.717) is 18.2 Å². The lowest BCUT2D eigenvalue weighted by molar-refractivity contribution is 0.293. The molecule has 0 radical (unpaired) electrons. The highest BCUT2D eigenvalue weighted by atomic mass is 32.2. The minimum atomic E-state index is -3.21. The van der Waals surface area contributed by atoms with Crippen LogP contribution in [0.3, 0.4) is 0 Å². The van der Waals surface area contributed by atoms with Crippen molar-refractivity contribution >= 4 is 9.84 Å². The second-order valence-electron chi connectivity index (χ2n) is 5.31. The molecule has 0 aliphatic rings. The molecule has 0 atom stereocenters. The van der Waals surface area contributed by atoms with Crippen LogP contribution in [-0.4, -0.2) is 24.6 Å². The van der Waals surface area contributed by atoms with Gasteiger partial charge in [0.25, 0.3) is 0 Å². The number of ether oxygens (including phenoxy) is 1. The maximum atomic E-state index is 11.5. The molecule has 0 aliphatic carbocycles. The number of benzene rings is 2. The van der Waals surface area contributed by atoms with Gasteiger partial charge in [-0.25, -0.2) is 13.4 Å². The summed E-state index contributed by atoms with van der Waals surface area (Å²) >= 11 is 0. The van der Waals surface area contributed by atoms with Crippen LogP contribution >= 0.6 is 0 Å². The Morgan fingerprint density at radius 1 is 0.958 bits per heavy atom. The lowest BCUT2D eigenvalue weighted by Crippen LogP contribution is -1.99. The minimum absolute atomic E-state index is 0.274.